The van der Waals surface area contributed by atoms with Crippen LogP contribution in [0.5, 0.6) is 0 Å². The molecule has 0 unspecified atom stereocenters. The van der Waals surface area contributed by atoms with Crippen molar-refractivity contribution in [2.45, 2.75) is 13.8 Å². The Hall–Kier alpha value is -2.99. The van der Waals surface area contributed by atoms with Gasteiger partial charge >= 0.3 is 0 Å². The van der Waals surface area contributed by atoms with Crippen LogP contribution >= 0.6 is 11.3 Å². The van der Waals surface area contributed by atoms with Crippen LogP contribution in [0.4, 0.5) is 0 Å². The first-order valence-corrected chi connectivity index (χ1v) is 8.66. The highest BCUT2D eigenvalue weighted by Gasteiger charge is 2.18. The van der Waals surface area contributed by atoms with Gasteiger partial charge in [-0.25, -0.2) is 9.67 Å². The number of benzene rings is 1. The fourth-order valence-electron chi connectivity index (χ4n) is 2.97. The second-order valence-electron chi connectivity index (χ2n) is 5.80. The number of carbonyl (C=O) groups is 1. The van der Waals surface area contributed by atoms with Crippen LogP contribution in [0.25, 0.3) is 27.3 Å². The van der Waals surface area contributed by atoms with E-state index in [2.05, 4.69) is 5.10 Å². The summed E-state index contributed by atoms with van der Waals surface area (Å²) >= 11 is 1.51. The van der Waals surface area contributed by atoms with Crippen LogP contribution in [0.1, 0.15) is 21.6 Å². The SMILES string of the molecule is Cc1ccccc1-n1nc(C)c2c(C(=O)[O-])cc(-c3cccs3)nc21. The molecule has 3 aromatic heterocycles. The molecule has 0 aliphatic heterocycles. The molecule has 0 radical (unpaired) electrons. The molecular formula is C19H14N3O2S-. The first kappa shape index (κ1) is 15.5. The third-order valence-electron chi connectivity index (χ3n) is 4.15. The third-order valence-corrected chi connectivity index (χ3v) is 5.04. The van der Waals surface area contributed by atoms with E-state index < -0.39 is 5.97 Å². The summed E-state index contributed by atoms with van der Waals surface area (Å²) in [7, 11) is 0. The standard InChI is InChI=1S/C19H15N3O2S/c1-11-6-3-4-7-15(11)22-18-17(12(2)21-22)13(19(23)24)10-14(20-18)16-8-5-9-25-16/h3-10H,1-2H3,(H,23,24)/p-1. The second-order valence-corrected chi connectivity index (χ2v) is 6.75. The zero-order chi connectivity index (χ0) is 17.6. The molecule has 1 aromatic carbocycles. The number of hydrogen-bond acceptors (Lipinski definition) is 5. The van der Waals surface area contributed by atoms with Gasteiger partial charge in [-0.15, -0.1) is 11.3 Å². The first-order valence-electron chi connectivity index (χ1n) is 7.78. The minimum atomic E-state index is -1.22. The quantitative estimate of drug-likeness (QED) is 0.570. The zero-order valence-electron chi connectivity index (χ0n) is 13.7. The van der Waals surface area contributed by atoms with Crippen molar-refractivity contribution in [3.05, 3.63) is 64.7 Å². The zero-order valence-corrected chi connectivity index (χ0v) is 14.5. The number of pyridine rings is 1. The molecule has 0 atom stereocenters. The number of aromatic carboxylic acids is 1. The van der Waals surface area contributed by atoms with Crippen molar-refractivity contribution in [1.82, 2.24) is 14.8 Å². The lowest BCUT2D eigenvalue weighted by molar-refractivity contribution is -0.254. The van der Waals surface area contributed by atoms with Gasteiger partial charge in [0.1, 0.15) is 0 Å². The molecule has 0 saturated heterocycles. The maximum Gasteiger partial charge on any atom is 0.164 e. The highest BCUT2D eigenvalue weighted by molar-refractivity contribution is 7.13. The summed E-state index contributed by atoms with van der Waals surface area (Å²) in [6, 6.07) is 13.2. The summed E-state index contributed by atoms with van der Waals surface area (Å²) < 4.78 is 1.71. The Labute approximate surface area is 148 Å². The lowest BCUT2D eigenvalue weighted by Gasteiger charge is -2.10. The van der Waals surface area contributed by atoms with Crippen molar-refractivity contribution >= 4 is 28.3 Å². The maximum atomic E-state index is 11.7. The molecule has 4 aromatic rings. The Morgan fingerprint density at radius 2 is 1.96 bits per heavy atom. The molecule has 25 heavy (non-hydrogen) atoms. The van der Waals surface area contributed by atoms with E-state index in [4.69, 9.17) is 4.98 Å². The van der Waals surface area contributed by atoms with E-state index in [0.29, 0.717) is 22.4 Å². The summed E-state index contributed by atoms with van der Waals surface area (Å²) in [6.07, 6.45) is 0. The number of rotatable bonds is 3. The number of hydrogen-bond donors (Lipinski definition) is 0. The molecule has 0 spiro atoms. The van der Waals surface area contributed by atoms with Gasteiger partial charge < -0.3 is 9.90 Å². The number of carbonyl (C=O) groups excluding carboxylic acids is 1. The fraction of sp³-hybridized carbons (Fsp3) is 0.105. The van der Waals surface area contributed by atoms with Gasteiger partial charge in [0, 0.05) is 5.56 Å². The highest BCUT2D eigenvalue weighted by Crippen LogP contribution is 2.30. The van der Waals surface area contributed by atoms with Gasteiger partial charge in [0.2, 0.25) is 0 Å². The van der Waals surface area contributed by atoms with Gasteiger partial charge in [-0.2, -0.15) is 5.10 Å². The van der Waals surface area contributed by atoms with Crippen LogP contribution in [0.2, 0.25) is 0 Å². The van der Waals surface area contributed by atoms with E-state index in [0.717, 1.165) is 16.1 Å². The van der Waals surface area contributed by atoms with Crippen molar-refractivity contribution in [3.63, 3.8) is 0 Å². The minimum Gasteiger partial charge on any atom is -0.545 e. The van der Waals surface area contributed by atoms with Gasteiger partial charge in [0.05, 0.1) is 33.3 Å². The van der Waals surface area contributed by atoms with Crippen molar-refractivity contribution in [2.75, 3.05) is 0 Å². The smallest absolute Gasteiger partial charge is 0.164 e. The molecule has 5 nitrogen and oxygen atoms in total. The Morgan fingerprint density at radius 3 is 2.64 bits per heavy atom. The highest BCUT2D eigenvalue weighted by atomic mass is 32.1. The van der Waals surface area contributed by atoms with Gasteiger partial charge in [0.25, 0.3) is 0 Å². The number of para-hydroxylation sites is 1. The lowest BCUT2D eigenvalue weighted by Crippen LogP contribution is -2.23. The molecule has 0 bridgehead atoms. The predicted molar refractivity (Wildman–Crippen MR) is 96.0 cm³/mol. The summed E-state index contributed by atoms with van der Waals surface area (Å²) in [4.78, 5) is 17.4. The van der Waals surface area contributed by atoms with E-state index in [1.54, 1.807) is 17.7 Å². The molecule has 4 rings (SSSR count). The van der Waals surface area contributed by atoms with E-state index in [9.17, 15) is 9.90 Å². The van der Waals surface area contributed by atoms with Crippen LogP contribution < -0.4 is 5.11 Å². The molecule has 0 saturated carbocycles. The Balaban J connectivity index is 2.10. The van der Waals surface area contributed by atoms with Crippen LogP contribution in [0.15, 0.2) is 47.8 Å². The number of nitrogens with zero attached hydrogens (tertiary/aromatic N) is 3. The summed E-state index contributed by atoms with van der Waals surface area (Å²) in [5.41, 5.74) is 3.77. The van der Waals surface area contributed by atoms with Crippen molar-refractivity contribution in [1.29, 1.82) is 0 Å². The van der Waals surface area contributed by atoms with Gasteiger partial charge in [-0.3, -0.25) is 0 Å². The normalized spacial score (nSPS) is 11.1. The molecule has 0 aliphatic rings. The van der Waals surface area contributed by atoms with Gasteiger partial charge in [-0.05, 0) is 43.0 Å². The van der Waals surface area contributed by atoms with Crippen LogP contribution in [-0.4, -0.2) is 20.7 Å². The average Bonchev–Trinajstić information content (AvgIpc) is 3.23. The van der Waals surface area contributed by atoms with Gasteiger partial charge in [-0.1, -0.05) is 24.3 Å². The largest absolute Gasteiger partial charge is 0.545 e. The molecule has 0 amide bonds. The molecular weight excluding hydrogens is 334 g/mol. The average molecular weight is 348 g/mol. The number of aryl methyl sites for hydroxylation is 2. The van der Waals surface area contributed by atoms with E-state index >= 15 is 0 Å². The molecule has 6 heteroatoms. The maximum absolute atomic E-state index is 11.7. The van der Waals surface area contributed by atoms with Gasteiger partial charge in [0.15, 0.2) is 5.65 Å². The fourth-order valence-corrected chi connectivity index (χ4v) is 3.66. The number of thiophene rings is 1. The van der Waals surface area contributed by atoms with Crippen LogP contribution in [0, 0.1) is 13.8 Å². The summed E-state index contributed by atoms with van der Waals surface area (Å²) in [5, 5.41) is 18.7. The van der Waals surface area contributed by atoms with Crippen molar-refractivity contribution in [3.8, 4) is 16.3 Å². The Morgan fingerprint density at radius 1 is 1.16 bits per heavy atom. The number of fused-ring (bicyclic) bond motifs is 1. The monoisotopic (exact) mass is 348 g/mol. The second kappa shape index (κ2) is 5.82. The molecule has 124 valence electrons. The van der Waals surface area contributed by atoms with Crippen molar-refractivity contribution in [2.24, 2.45) is 0 Å². The Bertz CT molecular complexity index is 1100. The summed E-state index contributed by atoms with van der Waals surface area (Å²) in [6.45, 7) is 3.77. The topological polar surface area (TPSA) is 70.8 Å². The van der Waals surface area contributed by atoms with E-state index in [-0.39, 0.29) is 5.56 Å². The molecule has 0 fully saturated rings. The lowest BCUT2D eigenvalue weighted by atomic mass is 10.1. The third kappa shape index (κ3) is 2.51. The van der Waals surface area contributed by atoms with E-state index in [1.807, 2.05) is 48.7 Å². The summed E-state index contributed by atoms with van der Waals surface area (Å²) in [5.74, 6) is -1.22. The van der Waals surface area contributed by atoms with E-state index in [1.165, 1.54) is 11.3 Å². The Kier molecular flexibility index (Phi) is 3.62. The predicted octanol–water partition coefficient (Wildman–Crippen LogP) is 3.13. The minimum absolute atomic E-state index is 0.116. The van der Waals surface area contributed by atoms with Crippen LogP contribution in [0.3, 0.4) is 0 Å². The molecule has 3 heterocycles. The molecule has 0 aliphatic carbocycles. The number of carboxylic acids is 1. The first-order chi connectivity index (χ1) is 12.1. The molecule has 0 N–H and O–H groups in total. The van der Waals surface area contributed by atoms with Crippen LogP contribution in [-0.2, 0) is 0 Å². The van der Waals surface area contributed by atoms with Crippen molar-refractivity contribution < 1.29 is 9.90 Å². The number of carboxylic acid groups (broad SMARTS) is 1. The number of aromatic nitrogens is 3.